The molecule has 0 aliphatic carbocycles. The SMILES string of the molecule is CC(=O)C1C([O-])ON=[N+]1c1ccc(Cl)c(Cl)c1. The number of benzene rings is 1. The summed E-state index contributed by atoms with van der Waals surface area (Å²) in [6, 6.07) is 3.70. The first kappa shape index (κ1) is 12.3. The maximum absolute atomic E-state index is 11.4. The van der Waals surface area contributed by atoms with Crippen LogP contribution in [0, 0.1) is 0 Å². The Kier molecular flexibility index (Phi) is 3.33. The summed E-state index contributed by atoms with van der Waals surface area (Å²) < 4.78 is 1.21. The standard InChI is InChI=1S/C10H8Cl2N2O3/c1-5(15)9-10(16)17-13-14(9)6-2-3-7(11)8(12)4-6/h2-4,9-10H,1H3. The number of halogens is 2. The lowest BCUT2D eigenvalue weighted by Gasteiger charge is -2.13. The van der Waals surface area contributed by atoms with Gasteiger partial charge < -0.3 is 9.94 Å². The summed E-state index contributed by atoms with van der Waals surface area (Å²) in [7, 11) is 0. The van der Waals surface area contributed by atoms with E-state index in [1.54, 1.807) is 12.1 Å². The maximum atomic E-state index is 11.4. The molecule has 2 unspecified atom stereocenters. The molecule has 0 aromatic heterocycles. The van der Waals surface area contributed by atoms with Crippen molar-refractivity contribution in [2.45, 2.75) is 19.3 Å². The molecule has 1 aliphatic rings. The van der Waals surface area contributed by atoms with Gasteiger partial charge in [-0.2, -0.15) is 0 Å². The van der Waals surface area contributed by atoms with Gasteiger partial charge in [0.05, 0.1) is 10.0 Å². The Balaban J connectivity index is 2.39. The number of hydrogen-bond acceptors (Lipinski definition) is 4. The van der Waals surface area contributed by atoms with E-state index >= 15 is 0 Å². The predicted octanol–water partition coefficient (Wildman–Crippen LogP) is 1.68. The summed E-state index contributed by atoms with van der Waals surface area (Å²) in [6.45, 7) is 1.31. The molecule has 0 N–H and O–H groups in total. The van der Waals surface area contributed by atoms with Gasteiger partial charge in [0.15, 0.2) is 5.28 Å². The van der Waals surface area contributed by atoms with Gasteiger partial charge in [-0.25, -0.2) is 0 Å². The van der Waals surface area contributed by atoms with E-state index in [-0.39, 0.29) is 5.78 Å². The van der Waals surface area contributed by atoms with Crippen LogP contribution in [0.4, 0.5) is 5.69 Å². The van der Waals surface area contributed by atoms with Crippen molar-refractivity contribution in [2.24, 2.45) is 5.28 Å². The molecule has 0 radical (unpaired) electrons. The fourth-order valence-electron chi connectivity index (χ4n) is 1.52. The zero-order chi connectivity index (χ0) is 12.6. The van der Waals surface area contributed by atoms with Crippen molar-refractivity contribution in [3.8, 4) is 0 Å². The Morgan fingerprint density at radius 3 is 2.76 bits per heavy atom. The predicted molar refractivity (Wildman–Crippen MR) is 58.2 cm³/mol. The molecule has 0 fully saturated rings. The molecule has 2 atom stereocenters. The summed E-state index contributed by atoms with van der Waals surface area (Å²) in [6.07, 6.45) is -1.53. The summed E-state index contributed by atoms with van der Waals surface area (Å²) in [5, 5.41) is 15.7. The number of rotatable bonds is 2. The molecular weight excluding hydrogens is 267 g/mol. The Morgan fingerprint density at radius 2 is 2.18 bits per heavy atom. The van der Waals surface area contributed by atoms with Crippen molar-refractivity contribution in [3.05, 3.63) is 28.2 Å². The van der Waals surface area contributed by atoms with E-state index in [0.717, 1.165) is 0 Å². The molecule has 0 bridgehead atoms. The van der Waals surface area contributed by atoms with Gasteiger partial charge in [0.1, 0.15) is 6.29 Å². The zero-order valence-electron chi connectivity index (χ0n) is 8.76. The van der Waals surface area contributed by atoms with E-state index in [1.807, 2.05) is 0 Å². The van der Waals surface area contributed by atoms with E-state index < -0.39 is 12.3 Å². The number of carbonyl (C=O) groups excluding carboxylic acids is 1. The monoisotopic (exact) mass is 274 g/mol. The van der Waals surface area contributed by atoms with Crippen LogP contribution in [-0.2, 0) is 9.63 Å². The van der Waals surface area contributed by atoms with Gasteiger partial charge in [-0.3, -0.25) is 4.79 Å². The number of hydrogen-bond donors (Lipinski definition) is 0. The fourth-order valence-corrected chi connectivity index (χ4v) is 1.81. The molecule has 0 saturated carbocycles. The minimum atomic E-state index is -1.53. The summed E-state index contributed by atoms with van der Waals surface area (Å²) >= 11 is 11.6. The third-order valence-corrected chi connectivity index (χ3v) is 3.08. The Bertz CT molecular complexity index is 504. The van der Waals surface area contributed by atoms with Crippen LogP contribution in [0.15, 0.2) is 23.5 Å². The van der Waals surface area contributed by atoms with Crippen LogP contribution >= 0.6 is 23.2 Å². The number of Topliss-reactive ketones (excluding diaryl/α,β-unsaturated/α-hetero) is 1. The number of nitrogens with zero attached hydrogens (tertiary/aromatic N) is 2. The molecule has 5 nitrogen and oxygen atoms in total. The van der Waals surface area contributed by atoms with Crippen LogP contribution in [0.3, 0.4) is 0 Å². The van der Waals surface area contributed by atoms with Gasteiger partial charge in [-0.05, 0) is 10.8 Å². The third-order valence-electron chi connectivity index (χ3n) is 2.34. The van der Waals surface area contributed by atoms with Crippen LogP contribution < -0.4 is 5.11 Å². The van der Waals surface area contributed by atoms with Crippen molar-refractivity contribution in [2.75, 3.05) is 0 Å². The van der Waals surface area contributed by atoms with E-state index in [1.165, 1.54) is 17.7 Å². The largest absolute Gasteiger partial charge is 0.814 e. The topological polar surface area (TPSA) is 64.7 Å². The molecule has 1 heterocycles. The van der Waals surface area contributed by atoms with E-state index in [4.69, 9.17) is 23.2 Å². The van der Waals surface area contributed by atoms with Gasteiger partial charge in [0, 0.05) is 19.1 Å². The lowest BCUT2D eigenvalue weighted by Crippen LogP contribution is -2.44. The highest BCUT2D eigenvalue weighted by Gasteiger charge is 2.40. The minimum Gasteiger partial charge on any atom is -0.814 e. The molecule has 0 spiro atoms. The second kappa shape index (κ2) is 4.60. The van der Waals surface area contributed by atoms with Crippen LogP contribution in [0.5, 0.6) is 0 Å². The lowest BCUT2D eigenvalue weighted by atomic mass is 10.2. The van der Waals surface area contributed by atoms with Crippen LogP contribution in [0.1, 0.15) is 6.92 Å². The first-order chi connectivity index (χ1) is 8.00. The van der Waals surface area contributed by atoms with Crippen molar-refractivity contribution in [3.63, 3.8) is 0 Å². The minimum absolute atomic E-state index is 0.316. The maximum Gasteiger partial charge on any atom is 0.269 e. The highest BCUT2D eigenvalue weighted by Crippen LogP contribution is 2.29. The average Bonchev–Trinajstić information content (AvgIpc) is 2.64. The molecule has 1 aromatic rings. The summed E-state index contributed by atoms with van der Waals surface area (Å²) in [5.41, 5.74) is 0.484. The average molecular weight is 275 g/mol. The van der Waals surface area contributed by atoms with Crippen molar-refractivity contribution < 1.29 is 19.4 Å². The molecule has 1 aromatic carbocycles. The van der Waals surface area contributed by atoms with Gasteiger partial charge in [0.25, 0.3) is 6.04 Å². The van der Waals surface area contributed by atoms with Gasteiger partial charge in [-0.1, -0.05) is 23.2 Å². The second-order valence-electron chi connectivity index (χ2n) is 3.55. The van der Waals surface area contributed by atoms with Crippen LogP contribution in [-0.4, -0.2) is 22.8 Å². The first-order valence-corrected chi connectivity index (χ1v) is 5.53. The van der Waals surface area contributed by atoms with Crippen molar-refractivity contribution >= 4 is 34.7 Å². The molecule has 17 heavy (non-hydrogen) atoms. The molecule has 7 heteroatoms. The number of ketones is 1. The van der Waals surface area contributed by atoms with Crippen LogP contribution in [0.25, 0.3) is 0 Å². The smallest absolute Gasteiger partial charge is 0.269 e. The Labute approximate surface area is 107 Å². The van der Waals surface area contributed by atoms with E-state index in [2.05, 4.69) is 10.1 Å². The van der Waals surface area contributed by atoms with Crippen molar-refractivity contribution in [1.82, 2.24) is 0 Å². The summed E-state index contributed by atoms with van der Waals surface area (Å²) in [5.74, 6) is -0.322. The molecule has 0 amide bonds. The lowest BCUT2D eigenvalue weighted by molar-refractivity contribution is -0.561. The third kappa shape index (κ3) is 2.26. The van der Waals surface area contributed by atoms with Gasteiger partial charge >= 0.3 is 0 Å². The van der Waals surface area contributed by atoms with Gasteiger partial charge in [-0.15, -0.1) is 0 Å². The first-order valence-electron chi connectivity index (χ1n) is 4.78. The highest BCUT2D eigenvalue weighted by molar-refractivity contribution is 6.42. The van der Waals surface area contributed by atoms with Crippen LogP contribution in [0.2, 0.25) is 10.0 Å². The number of carbonyl (C=O) groups is 1. The quantitative estimate of drug-likeness (QED) is 0.771. The van der Waals surface area contributed by atoms with E-state index in [9.17, 15) is 9.90 Å². The Hall–Kier alpha value is -1.17. The molecule has 1 aliphatic heterocycles. The van der Waals surface area contributed by atoms with Crippen molar-refractivity contribution in [1.29, 1.82) is 0 Å². The zero-order valence-corrected chi connectivity index (χ0v) is 10.3. The highest BCUT2D eigenvalue weighted by atomic mass is 35.5. The van der Waals surface area contributed by atoms with E-state index in [0.29, 0.717) is 15.7 Å². The Morgan fingerprint density at radius 1 is 1.47 bits per heavy atom. The van der Waals surface area contributed by atoms with Gasteiger partial charge in [0.2, 0.25) is 11.5 Å². The molecular formula is C10H8Cl2N2O3. The molecule has 2 rings (SSSR count). The second-order valence-corrected chi connectivity index (χ2v) is 4.37. The fraction of sp³-hybridized carbons (Fsp3) is 0.300. The summed E-state index contributed by atoms with van der Waals surface area (Å²) in [4.78, 5) is 15.9. The molecule has 90 valence electrons. The molecule has 0 saturated heterocycles. The normalized spacial score (nSPS) is 23.2.